The molecule has 0 saturated heterocycles. The van der Waals surface area contributed by atoms with E-state index in [4.69, 9.17) is 37.0 Å². The van der Waals surface area contributed by atoms with E-state index in [0.29, 0.717) is 25.7 Å². The molecule has 0 aromatic carbocycles. The molecule has 0 saturated carbocycles. The first-order chi connectivity index (χ1) is 40.8. The summed E-state index contributed by atoms with van der Waals surface area (Å²) in [4.78, 5) is 72.3. The molecule has 0 aliphatic carbocycles. The van der Waals surface area contributed by atoms with Gasteiger partial charge >= 0.3 is 39.5 Å². The first-order valence-corrected chi connectivity index (χ1v) is 37.5. The molecule has 0 amide bonds. The van der Waals surface area contributed by atoms with Crippen molar-refractivity contribution in [3.05, 3.63) is 0 Å². The van der Waals surface area contributed by atoms with E-state index >= 15 is 0 Å². The van der Waals surface area contributed by atoms with Gasteiger partial charge in [0.2, 0.25) is 0 Å². The van der Waals surface area contributed by atoms with Crippen molar-refractivity contribution in [3.8, 4) is 0 Å². The number of carbonyl (C=O) groups excluding carboxylic acids is 4. The lowest BCUT2D eigenvalue weighted by molar-refractivity contribution is -0.161. The third-order valence-electron chi connectivity index (χ3n) is 16.2. The Balaban J connectivity index is 5.27. The maximum absolute atomic E-state index is 13.0. The standard InChI is InChI=1S/C66H128O17P2/c1-8-12-13-14-15-16-17-18-19-20-25-35-42-49-65(70)82-61(53-76-63(68)47-40-33-24-22-21-23-30-37-44-57(5)9-2)55-80-84(72,73)78-51-60(67)52-79-85(74,75)81-56-62(83-66(71)50-43-36-29-27-32-39-46-59(7)11-4)54-77-64(69)48-41-34-28-26-31-38-45-58(6)10-3/h57-62,67H,8-56H2,1-7H3,(H,72,73)(H,74,75)/t57?,58?,59?,60-,61-,62-/m1/s1. The number of hydrogen-bond acceptors (Lipinski definition) is 15. The Morgan fingerprint density at radius 2 is 0.565 bits per heavy atom. The van der Waals surface area contributed by atoms with E-state index in [1.807, 2.05) is 0 Å². The summed E-state index contributed by atoms with van der Waals surface area (Å²) in [5, 5.41) is 10.6. The minimum atomic E-state index is -4.95. The highest BCUT2D eigenvalue weighted by molar-refractivity contribution is 7.47. The molecular formula is C66H128O17P2. The Hall–Kier alpha value is -1.94. The molecular weight excluding hydrogens is 1130 g/mol. The summed E-state index contributed by atoms with van der Waals surface area (Å²) >= 11 is 0. The van der Waals surface area contributed by atoms with Gasteiger partial charge in [-0.2, -0.15) is 0 Å². The average Bonchev–Trinajstić information content (AvgIpc) is 3.48. The zero-order valence-corrected chi connectivity index (χ0v) is 56.9. The maximum atomic E-state index is 13.0. The number of phosphoric ester groups is 2. The molecule has 0 bridgehead atoms. The predicted octanol–water partition coefficient (Wildman–Crippen LogP) is 18.3. The first kappa shape index (κ1) is 83.1. The number of carbonyl (C=O) groups is 4. The van der Waals surface area contributed by atoms with Crippen LogP contribution in [0.5, 0.6) is 0 Å². The smallest absolute Gasteiger partial charge is 0.462 e. The molecule has 19 heteroatoms. The largest absolute Gasteiger partial charge is 0.472 e. The molecule has 3 N–H and O–H groups in total. The molecule has 17 nitrogen and oxygen atoms in total. The molecule has 504 valence electrons. The van der Waals surface area contributed by atoms with E-state index in [1.165, 1.54) is 128 Å². The van der Waals surface area contributed by atoms with Crippen LogP contribution in [-0.4, -0.2) is 96.7 Å². The lowest BCUT2D eigenvalue weighted by Gasteiger charge is -2.21. The second-order valence-electron chi connectivity index (χ2n) is 24.6. The highest BCUT2D eigenvalue weighted by atomic mass is 31.2. The van der Waals surface area contributed by atoms with Gasteiger partial charge in [0, 0.05) is 25.7 Å². The van der Waals surface area contributed by atoms with Crippen LogP contribution in [0.25, 0.3) is 0 Å². The maximum Gasteiger partial charge on any atom is 0.472 e. The van der Waals surface area contributed by atoms with Gasteiger partial charge < -0.3 is 33.8 Å². The molecule has 0 spiro atoms. The third-order valence-corrected chi connectivity index (χ3v) is 18.1. The van der Waals surface area contributed by atoms with Crippen LogP contribution in [0.4, 0.5) is 0 Å². The van der Waals surface area contributed by atoms with Gasteiger partial charge in [0.1, 0.15) is 19.3 Å². The number of ether oxygens (including phenoxy) is 4. The van der Waals surface area contributed by atoms with Gasteiger partial charge in [0.25, 0.3) is 0 Å². The summed E-state index contributed by atoms with van der Waals surface area (Å²) in [7, 11) is -9.89. The van der Waals surface area contributed by atoms with E-state index in [2.05, 4.69) is 48.5 Å². The number of unbranched alkanes of at least 4 members (excludes halogenated alkanes) is 29. The molecule has 0 heterocycles. The minimum Gasteiger partial charge on any atom is -0.462 e. The van der Waals surface area contributed by atoms with Crippen LogP contribution < -0.4 is 0 Å². The quantitative estimate of drug-likeness (QED) is 0.0222. The molecule has 0 rings (SSSR count). The van der Waals surface area contributed by atoms with Gasteiger partial charge in [-0.1, -0.05) is 273 Å². The fourth-order valence-corrected chi connectivity index (χ4v) is 11.3. The molecule has 0 aliphatic rings. The fourth-order valence-electron chi connectivity index (χ4n) is 9.74. The van der Waals surface area contributed by atoms with Gasteiger partial charge in [-0.25, -0.2) is 9.13 Å². The molecule has 0 aliphatic heterocycles. The normalized spacial score (nSPS) is 15.3. The topological polar surface area (TPSA) is 237 Å². The Bertz CT molecular complexity index is 1690. The Morgan fingerprint density at radius 1 is 0.329 bits per heavy atom. The number of aliphatic hydroxyl groups excluding tert-OH is 1. The average molecular weight is 1260 g/mol. The van der Waals surface area contributed by atoms with Crippen molar-refractivity contribution in [1.29, 1.82) is 0 Å². The summed E-state index contributed by atoms with van der Waals surface area (Å²) in [5.74, 6) is 0.0936. The van der Waals surface area contributed by atoms with Crippen LogP contribution in [0.3, 0.4) is 0 Å². The summed E-state index contributed by atoms with van der Waals surface area (Å²) < 4.78 is 68.1. The van der Waals surface area contributed by atoms with Gasteiger partial charge in [-0.15, -0.1) is 0 Å². The predicted molar refractivity (Wildman–Crippen MR) is 340 cm³/mol. The van der Waals surface area contributed by atoms with Crippen LogP contribution in [0.15, 0.2) is 0 Å². The van der Waals surface area contributed by atoms with Crippen LogP contribution >= 0.6 is 15.6 Å². The van der Waals surface area contributed by atoms with Crippen molar-refractivity contribution in [2.24, 2.45) is 17.8 Å². The van der Waals surface area contributed by atoms with Crippen molar-refractivity contribution in [3.63, 3.8) is 0 Å². The summed E-state index contributed by atoms with van der Waals surface area (Å²) in [5.41, 5.74) is 0. The SMILES string of the molecule is CCCCCCCCCCCCCCCC(=O)O[C@H](COC(=O)CCCCCCCCCCC(C)CC)COP(=O)(O)OC[C@@H](O)COP(=O)(O)OC[C@@H](COC(=O)CCCCCCCCC(C)CC)OC(=O)CCCCCCCCC(C)CC. The van der Waals surface area contributed by atoms with E-state index in [1.54, 1.807) is 0 Å². The summed E-state index contributed by atoms with van der Waals surface area (Å²) in [6, 6.07) is 0. The second-order valence-corrected chi connectivity index (χ2v) is 27.5. The van der Waals surface area contributed by atoms with Gasteiger partial charge in [0.05, 0.1) is 26.4 Å². The number of esters is 4. The van der Waals surface area contributed by atoms with Crippen LogP contribution in [0.2, 0.25) is 0 Å². The molecule has 0 aromatic heterocycles. The van der Waals surface area contributed by atoms with Gasteiger partial charge in [0.15, 0.2) is 12.2 Å². The highest BCUT2D eigenvalue weighted by Gasteiger charge is 2.30. The van der Waals surface area contributed by atoms with E-state index < -0.39 is 97.5 Å². The van der Waals surface area contributed by atoms with Crippen LogP contribution in [0, 0.1) is 17.8 Å². The van der Waals surface area contributed by atoms with Crippen molar-refractivity contribution in [1.82, 2.24) is 0 Å². The Morgan fingerprint density at radius 3 is 0.835 bits per heavy atom. The van der Waals surface area contributed by atoms with Crippen molar-refractivity contribution in [2.45, 2.75) is 343 Å². The highest BCUT2D eigenvalue weighted by Crippen LogP contribution is 2.45. The van der Waals surface area contributed by atoms with E-state index in [9.17, 15) is 43.2 Å². The number of aliphatic hydroxyl groups is 1. The zero-order valence-electron chi connectivity index (χ0n) is 55.1. The molecule has 0 aromatic rings. The number of hydrogen-bond donors (Lipinski definition) is 3. The summed E-state index contributed by atoms with van der Waals surface area (Å²) in [6.07, 6.45) is 38.9. The van der Waals surface area contributed by atoms with Crippen molar-refractivity contribution in [2.75, 3.05) is 39.6 Å². The number of rotatable bonds is 64. The lowest BCUT2D eigenvalue weighted by Crippen LogP contribution is -2.30. The molecule has 0 fully saturated rings. The third kappa shape index (κ3) is 57.0. The van der Waals surface area contributed by atoms with Crippen LogP contribution in [-0.2, 0) is 65.4 Å². The van der Waals surface area contributed by atoms with Crippen LogP contribution in [0.1, 0.15) is 325 Å². The fraction of sp³-hybridized carbons (Fsp3) is 0.939. The van der Waals surface area contributed by atoms with Crippen molar-refractivity contribution >= 4 is 39.5 Å². The van der Waals surface area contributed by atoms with Gasteiger partial charge in [-0.3, -0.25) is 37.3 Å². The molecule has 8 atom stereocenters. The second kappa shape index (κ2) is 57.2. The monoisotopic (exact) mass is 1250 g/mol. The van der Waals surface area contributed by atoms with Gasteiger partial charge in [-0.05, 0) is 43.4 Å². The lowest BCUT2D eigenvalue weighted by atomic mass is 9.99. The Kier molecular flexibility index (Phi) is 55.9. The first-order valence-electron chi connectivity index (χ1n) is 34.5. The molecule has 85 heavy (non-hydrogen) atoms. The van der Waals surface area contributed by atoms with E-state index in [-0.39, 0.29) is 25.7 Å². The summed E-state index contributed by atoms with van der Waals surface area (Å²) in [6.45, 7) is 11.7. The van der Waals surface area contributed by atoms with Crippen molar-refractivity contribution < 1.29 is 80.2 Å². The molecule has 5 unspecified atom stereocenters. The minimum absolute atomic E-state index is 0.102. The zero-order chi connectivity index (χ0) is 63.1. The number of phosphoric acid groups is 2. The molecule has 0 radical (unpaired) electrons. The van der Waals surface area contributed by atoms with E-state index in [0.717, 1.165) is 114 Å². The Labute approximate surface area is 517 Å².